The standard InChI is InChI=1S/C26H24ClN5O3/c1-35-18-12-8-15(9-13-18)21-14-22(16-6-10-17(27)11-7-16)32-25(28-21)29-26(30-32)31-23(33)19-4-2-3-5-20(19)24(31)34/h2-3,6-13,19-22H,4-5,14H2,1H3,(H,28,29,30)/t19-,20-,21+,22+/m0/s1. The van der Waals surface area contributed by atoms with Gasteiger partial charge in [0.25, 0.3) is 5.95 Å². The lowest BCUT2D eigenvalue weighted by atomic mass is 9.85. The van der Waals surface area contributed by atoms with Crippen molar-refractivity contribution in [3.63, 3.8) is 0 Å². The molecule has 2 amide bonds. The molecule has 0 spiro atoms. The number of fused-ring (bicyclic) bond motifs is 2. The Hall–Kier alpha value is -3.65. The zero-order chi connectivity index (χ0) is 24.1. The lowest BCUT2D eigenvalue weighted by Gasteiger charge is -2.31. The molecule has 2 aromatic carbocycles. The first-order chi connectivity index (χ1) is 17.0. The van der Waals surface area contributed by atoms with Gasteiger partial charge in [0, 0.05) is 5.02 Å². The van der Waals surface area contributed by atoms with Gasteiger partial charge in [-0.25, -0.2) is 9.58 Å². The van der Waals surface area contributed by atoms with E-state index in [1.807, 2.05) is 60.7 Å². The maximum atomic E-state index is 13.1. The maximum absolute atomic E-state index is 13.1. The number of benzene rings is 2. The minimum Gasteiger partial charge on any atom is -0.497 e. The zero-order valence-corrected chi connectivity index (χ0v) is 19.9. The molecule has 0 radical (unpaired) electrons. The zero-order valence-electron chi connectivity index (χ0n) is 19.1. The van der Waals surface area contributed by atoms with Crippen molar-refractivity contribution in [3.05, 3.63) is 76.8 Å². The predicted octanol–water partition coefficient (Wildman–Crippen LogP) is 4.54. The molecule has 4 atom stereocenters. The van der Waals surface area contributed by atoms with E-state index in [2.05, 4.69) is 15.4 Å². The van der Waals surface area contributed by atoms with Gasteiger partial charge in [0.1, 0.15) is 5.75 Å². The summed E-state index contributed by atoms with van der Waals surface area (Å²) in [6.45, 7) is 0. The monoisotopic (exact) mass is 489 g/mol. The Labute approximate surface area is 207 Å². The molecule has 1 aromatic heterocycles. The second kappa shape index (κ2) is 8.53. The molecule has 1 fully saturated rings. The highest BCUT2D eigenvalue weighted by Crippen LogP contribution is 2.41. The van der Waals surface area contributed by atoms with Crippen molar-refractivity contribution < 1.29 is 14.3 Å². The third kappa shape index (κ3) is 3.69. The van der Waals surface area contributed by atoms with Gasteiger partial charge in [-0.2, -0.15) is 4.98 Å². The summed E-state index contributed by atoms with van der Waals surface area (Å²) in [4.78, 5) is 32.1. The molecule has 0 saturated carbocycles. The Morgan fingerprint density at radius 1 is 0.943 bits per heavy atom. The van der Waals surface area contributed by atoms with E-state index in [1.165, 1.54) is 4.90 Å². The van der Waals surface area contributed by atoms with E-state index in [4.69, 9.17) is 16.3 Å². The van der Waals surface area contributed by atoms with Crippen molar-refractivity contribution in [1.82, 2.24) is 14.8 Å². The second-order valence-corrected chi connectivity index (χ2v) is 9.56. The third-order valence-electron chi connectivity index (χ3n) is 7.16. The van der Waals surface area contributed by atoms with Crippen LogP contribution in [0.1, 0.15) is 42.5 Å². The van der Waals surface area contributed by atoms with Gasteiger partial charge in [0.2, 0.25) is 17.8 Å². The molecule has 2 aliphatic heterocycles. The van der Waals surface area contributed by atoms with Gasteiger partial charge in [-0.05, 0) is 54.7 Å². The summed E-state index contributed by atoms with van der Waals surface area (Å²) in [6.07, 6.45) is 5.79. The van der Waals surface area contributed by atoms with Crippen LogP contribution < -0.4 is 15.0 Å². The van der Waals surface area contributed by atoms with Crippen LogP contribution in [-0.4, -0.2) is 33.7 Å². The Morgan fingerprint density at radius 3 is 2.20 bits per heavy atom. The van der Waals surface area contributed by atoms with Crippen LogP contribution in [0.4, 0.5) is 11.9 Å². The van der Waals surface area contributed by atoms with E-state index in [-0.39, 0.29) is 41.7 Å². The van der Waals surface area contributed by atoms with Crippen LogP contribution in [0.25, 0.3) is 0 Å². The minimum absolute atomic E-state index is 0.0529. The average molecular weight is 490 g/mol. The molecule has 3 heterocycles. The number of methoxy groups -OCH3 is 1. The molecule has 8 nitrogen and oxygen atoms in total. The Kier molecular flexibility index (Phi) is 5.33. The van der Waals surface area contributed by atoms with Gasteiger partial charge >= 0.3 is 0 Å². The molecular weight excluding hydrogens is 466 g/mol. The maximum Gasteiger partial charge on any atom is 0.260 e. The van der Waals surface area contributed by atoms with Crippen LogP contribution in [0.2, 0.25) is 5.02 Å². The first kappa shape index (κ1) is 21.9. The van der Waals surface area contributed by atoms with E-state index in [9.17, 15) is 9.59 Å². The van der Waals surface area contributed by atoms with Gasteiger partial charge in [0.15, 0.2) is 0 Å². The van der Waals surface area contributed by atoms with Crippen LogP contribution in [0.15, 0.2) is 60.7 Å². The Balaban J connectivity index is 1.39. The largest absolute Gasteiger partial charge is 0.497 e. The first-order valence-electron chi connectivity index (χ1n) is 11.7. The number of allylic oxidation sites excluding steroid dienone is 2. The number of hydrogen-bond acceptors (Lipinski definition) is 6. The lowest BCUT2D eigenvalue weighted by Crippen LogP contribution is -2.32. The topological polar surface area (TPSA) is 89.4 Å². The molecule has 9 heteroatoms. The summed E-state index contributed by atoms with van der Waals surface area (Å²) in [5.41, 5.74) is 2.09. The van der Waals surface area contributed by atoms with Crippen LogP contribution in [0.3, 0.4) is 0 Å². The quantitative estimate of drug-likeness (QED) is 0.427. The van der Waals surface area contributed by atoms with Crippen molar-refractivity contribution in [2.45, 2.75) is 31.3 Å². The van der Waals surface area contributed by atoms with Gasteiger partial charge < -0.3 is 10.1 Å². The fourth-order valence-corrected chi connectivity index (χ4v) is 5.40. The smallest absolute Gasteiger partial charge is 0.260 e. The van der Waals surface area contributed by atoms with E-state index in [1.54, 1.807) is 11.8 Å². The number of anilines is 2. The van der Waals surface area contributed by atoms with Crippen molar-refractivity contribution in [2.24, 2.45) is 11.8 Å². The van der Waals surface area contributed by atoms with Gasteiger partial charge in [-0.1, -0.05) is 48.0 Å². The highest BCUT2D eigenvalue weighted by molar-refractivity contribution is 6.30. The van der Waals surface area contributed by atoms with Crippen molar-refractivity contribution in [3.8, 4) is 5.75 Å². The highest BCUT2D eigenvalue weighted by Gasteiger charge is 2.50. The number of aromatic nitrogens is 3. The number of carbonyl (C=O) groups excluding carboxylic acids is 2. The molecule has 1 aliphatic carbocycles. The summed E-state index contributed by atoms with van der Waals surface area (Å²) in [5.74, 6) is 0.322. The molecule has 3 aliphatic rings. The second-order valence-electron chi connectivity index (χ2n) is 9.12. The normalized spacial score (nSPS) is 25.3. The number of nitrogens with one attached hydrogen (secondary N) is 1. The number of rotatable bonds is 4. The van der Waals surface area contributed by atoms with Gasteiger partial charge in [-0.15, -0.1) is 5.10 Å². The summed E-state index contributed by atoms with van der Waals surface area (Å²) in [5, 5.41) is 8.79. The number of carbonyl (C=O) groups is 2. The number of nitrogens with zero attached hydrogens (tertiary/aromatic N) is 4. The lowest BCUT2D eigenvalue weighted by molar-refractivity contribution is -0.122. The molecular formula is C26H24ClN5O3. The van der Waals surface area contributed by atoms with Crippen LogP contribution in [0.5, 0.6) is 5.75 Å². The summed E-state index contributed by atoms with van der Waals surface area (Å²) in [7, 11) is 1.64. The van der Waals surface area contributed by atoms with Crippen molar-refractivity contribution in [2.75, 3.05) is 17.3 Å². The third-order valence-corrected chi connectivity index (χ3v) is 7.41. The van der Waals surface area contributed by atoms with Crippen molar-refractivity contribution >= 4 is 35.3 Å². The van der Waals surface area contributed by atoms with Crippen LogP contribution >= 0.6 is 11.6 Å². The number of imide groups is 1. The number of ether oxygens (including phenoxy) is 1. The first-order valence-corrected chi connectivity index (χ1v) is 12.1. The van der Waals surface area contributed by atoms with E-state index in [0.717, 1.165) is 16.9 Å². The summed E-state index contributed by atoms with van der Waals surface area (Å²) >= 11 is 6.14. The summed E-state index contributed by atoms with van der Waals surface area (Å²) in [6, 6.07) is 15.3. The molecule has 178 valence electrons. The number of halogens is 1. The van der Waals surface area contributed by atoms with Gasteiger partial charge in [-0.3, -0.25) is 9.59 Å². The molecule has 35 heavy (non-hydrogen) atoms. The Bertz CT molecular complexity index is 1290. The Morgan fingerprint density at radius 2 is 1.57 bits per heavy atom. The minimum atomic E-state index is -0.333. The fourth-order valence-electron chi connectivity index (χ4n) is 5.28. The van der Waals surface area contributed by atoms with Gasteiger partial charge in [0.05, 0.1) is 31.0 Å². The molecule has 0 bridgehead atoms. The predicted molar refractivity (Wildman–Crippen MR) is 131 cm³/mol. The highest BCUT2D eigenvalue weighted by atomic mass is 35.5. The van der Waals surface area contributed by atoms with Crippen LogP contribution in [0, 0.1) is 11.8 Å². The molecule has 1 N–H and O–H groups in total. The van der Waals surface area contributed by atoms with E-state index >= 15 is 0 Å². The summed E-state index contributed by atoms with van der Waals surface area (Å²) < 4.78 is 7.08. The fraction of sp³-hybridized carbons (Fsp3) is 0.308. The molecule has 1 saturated heterocycles. The van der Waals surface area contributed by atoms with E-state index < -0.39 is 0 Å². The van der Waals surface area contributed by atoms with E-state index in [0.29, 0.717) is 30.2 Å². The number of hydrogen-bond donors (Lipinski definition) is 1. The number of amides is 2. The molecule has 0 unspecified atom stereocenters. The average Bonchev–Trinajstić information content (AvgIpc) is 3.42. The SMILES string of the molecule is COc1ccc([C@H]2C[C@H](c3ccc(Cl)cc3)n3nc(N4C(=O)[C@H]5CC=CC[C@@H]5C4=O)nc3N2)cc1. The molecule has 6 rings (SSSR count). The van der Waals surface area contributed by atoms with Crippen molar-refractivity contribution in [1.29, 1.82) is 0 Å². The molecule has 3 aromatic rings. The van der Waals surface area contributed by atoms with Crippen LogP contribution in [-0.2, 0) is 9.59 Å².